The highest BCUT2D eigenvalue weighted by Gasteiger charge is 2.30. The molecule has 2 rings (SSSR count). The predicted molar refractivity (Wildman–Crippen MR) is 52.8 cm³/mol. The average molecular weight is 191 g/mol. The molecule has 0 radical (unpaired) electrons. The van der Waals surface area contributed by atoms with Gasteiger partial charge in [0.25, 0.3) is 0 Å². The third-order valence-electron chi connectivity index (χ3n) is 2.70. The van der Waals surface area contributed by atoms with Crippen LogP contribution in [0.1, 0.15) is 22.7 Å². The van der Waals surface area contributed by atoms with Crippen molar-refractivity contribution in [2.75, 3.05) is 0 Å². The van der Waals surface area contributed by atoms with Crippen molar-refractivity contribution in [2.45, 2.75) is 25.5 Å². The van der Waals surface area contributed by atoms with Crippen LogP contribution in [0.4, 0.5) is 0 Å². The van der Waals surface area contributed by atoms with Crippen molar-refractivity contribution in [3.05, 3.63) is 34.9 Å². The van der Waals surface area contributed by atoms with Gasteiger partial charge in [-0.15, -0.1) is 0 Å². The highest BCUT2D eigenvalue weighted by molar-refractivity contribution is 5.50. The van der Waals surface area contributed by atoms with E-state index in [1.165, 1.54) is 0 Å². The lowest BCUT2D eigenvalue weighted by Crippen LogP contribution is -2.27. The second-order valence-corrected chi connectivity index (χ2v) is 3.74. The number of aliphatic hydroxyl groups is 1. The SMILES string of the molecule is Cc1ccc2c(c1)C(NC=O)C(O)C2. The summed E-state index contributed by atoms with van der Waals surface area (Å²) in [7, 11) is 0. The van der Waals surface area contributed by atoms with Crippen molar-refractivity contribution in [1.29, 1.82) is 0 Å². The highest BCUT2D eigenvalue weighted by Crippen LogP contribution is 2.31. The van der Waals surface area contributed by atoms with Gasteiger partial charge in [0.2, 0.25) is 6.41 Å². The Morgan fingerprint density at radius 3 is 3.07 bits per heavy atom. The molecule has 1 aliphatic carbocycles. The minimum atomic E-state index is -0.489. The van der Waals surface area contributed by atoms with E-state index in [0.717, 1.165) is 16.7 Å². The molecular formula is C11H13NO2. The zero-order chi connectivity index (χ0) is 10.1. The molecule has 3 heteroatoms. The van der Waals surface area contributed by atoms with Crippen LogP contribution in [-0.2, 0) is 11.2 Å². The predicted octanol–water partition coefficient (Wildman–Crippen LogP) is 0.699. The normalized spacial score (nSPS) is 24.4. The molecule has 0 aliphatic heterocycles. The van der Waals surface area contributed by atoms with Crippen LogP contribution in [0, 0.1) is 6.92 Å². The number of carbonyl (C=O) groups excluding carboxylic acids is 1. The van der Waals surface area contributed by atoms with Crippen LogP contribution < -0.4 is 5.32 Å². The zero-order valence-electron chi connectivity index (χ0n) is 8.03. The maximum atomic E-state index is 10.4. The molecular weight excluding hydrogens is 178 g/mol. The number of hydrogen-bond donors (Lipinski definition) is 2. The van der Waals surface area contributed by atoms with Crippen molar-refractivity contribution >= 4 is 6.41 Å². The molecule has 0 bridgehead atoms. The van der Waals surface area contributed by atoms with Crippen molar-refractivity contribution in [2.24, 2.45) is 0 Å². The summed E-state index contributed by atoms with van der Waals surface area (Å²) in [5, 5.41) is 12.4. The van der Waals surface area contributed by atoms with Gasteiger partial charge in [0.15, 0.2) is 0 Å². The molecule has 3 nitrogen and oxygen atoms in total. The van der Waals surface area contributed by atoms with Gasteiger partial charge >= 0.3 is 0 Å². The van der Waals surface area contributed by atoms with Crippen LogP contribution in [0.3, 0.4) is 0 Å². The molecule has 0 saturated carbocycles. The maximum absolute atomic E-state index is 10.4. The molecule has 1 aliphatic rings. The lowest BCUT2D eigenvalue weighted by molar-refractivity contribution is -0.110. The van der Waals surface area contributed by atoms with E-state index in [-0.39, 0.29) is 6.04 Å². The molecule has 1 aromatic rings. The molecule has 0 aromatic heterocycles. The first kappa shape index (κ1) is 9.21. The Bertz CT molecular complexity index is 362. The number of hydrogen-bond acceptors (Lipinski definition) is 2. The molecule has 2 atom stereocenters. The second kappa shape index (κ2) is 3.42. The van der Waals surface area contributed by atoms with E-state index >= 15 is 0 Å². The standard InChI is InChI=1S/C11H13NO2/c1-7-2-3-8-5-10(14)11(12-6-13)9(8)4-7/h2-4,6,10-11,14H,5H2,1H3,(H,12,13). The molecule has 0 spiro atoms. The van der Waals surface area contributed by atoms with E-state index in [1.54, 1.807) is 0 Å². The molecule has 74 valence electrons. The minimum absolute atomic E-state index is 0.234. The van der Waals surface area contributed by atoms with E-state index < -0.39 is 6.10 Å². The van der Waals surface area contributed by atoms with E-state index in [0.29, 0.717) is 12.8 Å². The minimum Gasteiger partial charge on any atom is -0.390 e. The lowest BCUT2D eigenvalue weighted by Gasteiger charge is -2.14. The number of carbonyl (C=O) groups is 1. The first-order valence-corrected chi connectivity index (χ1v) is 4.69. The molecule has 14 heavy (non-hydrogen) atoms. The molecule has 0 saturated heterocycles. The quantitative estimate of drug-likeness (QED) is 0.676. The summed E-state index contributed by atoms with van der Waals surface area (Å²) in [6.07, 6.45) is 0.781. The Morgan fingerprint density at radius 2 is 2.36 bits per heavy atom. The van der Waals surface area contributed by atoms with Gasteiger partial charge in [-0.1, -0.05) is 23.8 Å². The number of rotatable bonds is 2. The van der Waals surface area contributed by atoms with Crippen LogP contribution in [0.15, 0.2) is 18.2 Å². The van der Waals surface area contributed by atoms with Gasteiger partial charge in [-0.3, -0.25) is 4.79 Å². The fourth-order valence-corrected chi connectivity index (χ4v) is 2.01. The number of aliphatic hydroxyl groups excluding tert-OH is 1. The zero-order valence-corrected chi connectivity index (χ0v) is 8.03. The highest BCUT2D eigenvalue weighted by atomic mass is 16.3. The molecule has 2 N–H and O–H groups in total. The van der Waals surface area contributed by atoms with Crippen LogP contribution in [0.2, 0.25) is 0 Å². The summed E-state index contributed by atoms with van der Waals surface area (Å²) >= 11 is 0. The third kappa shape index (κ3) is 1.40. The van der Waals surface area contributed by atoms with Gasteiger partial charge in [-0.2, -0.15) is 0 Å². The van der Waals surface area contributed by atoms with Crippen LogP contribution in [0.5, 0.6) is 0 Å². The fourth-order valence-electron chi connectivity index (χ4n) is 2.01. The average Bonchev–Trinajstić information content (AvgIpc) is 2.45. The van der Waals surface area contributed by atoms with Gasteiger partial charge in [0.1, 0.15) is 0 Å². The Morgan fingerprint density at radius 1 is 1.57 bits per heavy atom. The smallest absolute Gasteiger partial charge is 0.207 e. The summed E-state index contributed by atoms with van der Waals surface area (Å²) in [4.78, 5) is 10.4. The number of aryl methyl sites for hydroxylation is 1. The van der Waals surface area contributed by atoms with Crippen molar-refractivity contribution in [1.82, 2.24) is 5.32 Å². The van der Waals surface area contributed by atoms with Gasteiger partial charge in [0, 0.05) is 6.42 Å². The van der Waals surface area contributed by atoms with Gasteiger partial charge in [-0.05, 0) is 18.1 Å². The first-order valence-electron chi connectivity index (χ1n) is 4.69. The van der Waals surface area contributed by atoms with Crippen molar-refractivity contribution in [3.8, 4) is 0 Å². The summed E-state index contributed by atoms with van der Waals surface area (Å²) in [5.74, 6) is 0. The van der Waals surface area contributed by atoms with E-state index in [9.17, 15) is 9.90 Å². The summed E-state index contributed by atoms with van der Waals surface area (Å²) in [6.45, 7) is 2.00. The lowest BCUT2D eigenvalue weighted by atomic mass is 10.1. The van der Waals surface area contributed by atoms with Crippen LogP contribution in [-0.4, -0.2) is 17.6 Å². The molecule has 1 aromatic carbocycles. The first-order chi connectivity index (χ1) is 6.72. The second-order valence-electron chi connectivity index (χ2n) is 3.74. The molecule has 2 unspecified atom stereocenters. The van der Waals surface area contributed by atoms with Crippen LogP contribution in [0.25, 0.3) is 0 Å². The summed E-state index contributed by atoms with van der Waals surface area (Å²) in [5.41, 5.74) is 3.32. The molecule has 1 amide bonds. The Kier molecular flexibility index (Phi) is 2.25. The summed E-state index contributed by atoms with van der Waals surface area (Å²) in [6, 6.07) is 5.82. The fraction of sp³-hybridized carbons (Fsp3) is 0.364. The number of amides is 1. The Hall–Kier alpha value is -1.35. The van der Waals surface area contributed by atoms with Gasteiger partial charge < -0.3 is 10.4 Å². The molecule has 0 heterocycles. The Balaban J connectivity index is 2.39. The van der Waals surface area contributed by atoms with E-state index in [4.69, 9.17) is 0 Å². The number of benzene rings is 1. The molecule has 0 fully saturated rings. The number of nitrogens with one attached hydrogen (secondary N) is 1. The third-order valence-corrected chi connectivity index (χ3v) is 2.70. The maximum Gasteiger partial charge on any atom is 0.207 e. The largest absolute Gasteiger partial charge is 0.390 e. The van der Waals surface area contributed by atoms with E-state index in [1.807, 2.05) is 25.1 Å². The monoisotopic (exact) mass is 191 g/mol. The van der Waals surface area contributed by atoms with E-state index in [2.05, 4.69) is 5.32 Å². The number of fused-ring (bicyclic) bond motifs is 1. The van der Waals surface area contributed by atoms with Crippen molar-refractivity contribution in [3.63, 3.8) is 0 Å². The van der Waals surface area contributed by atoms with Crippen LogP contribution >= 0.6 is 0 Å². The Labute approximate surface area is 82.8 Å². The topological polar surface area (TPSA) is 49.3 Å². The summed E-state index contributed by atoms with van der Waals surface area (Å²) < 4.78 is 0. The van der Waals surface area contributed by atoms with Gasteiger partial charge in [0.05, 0.1) is 12.1 Å². The van der Waals surface area contributed by atoms with Gasteiger partial charge in [-0.25, -0.2) is 0 Å². The van der Waals surface area contributed by atoms with Crippen molar-refractivity contribution < 1.29 is 9.90 Å².